The second-order valence-electron chi connectivity index (χ2n) is 9.91. The first-order valence-corrected chi connectivity index (χ1v) is 13.1. The first-order valence-electron chi connectivity index (χ1n) is 12.4. The van der Waals surface area contributed by atoms with Crippen LogP contribution in [0.1, 0.15) is 44.4 Å². The van der Waals surface area contributed by atoms with E-state index in [0.29, 0.717) is 28.8 Å². The third kappa shape index (κ3) is 7.98. The topological polar surface area (TPSA) is 58.6 Å². The number of amides is 2. The SMILES string of the molecule is CCNC(=O)[C@H](Cc1ccccc1)N(Cc1ccc(Cl)c(Cl)c1)C(=O)COc1ccccc1C(C)(C)C. The van der Waals surface area contributed by atoms with Gasteiger partial charge in [0, 0.05) is 19.5 Å². The van der Waals surface area contributed by atoms with Crippen molar-refractivity contribution in [3.63, 3.8) is 0 Å². The van der Waals surface area contributed by atoms with E-state index in [2.05, 4.69) is 26.1 Å². The van der Waals surface area contributed by atoms with Crippen LogP contribution in [0.3, 0.4) is 0 Å². The summed E-state index contributed by atoms with van der Waals surface area (Å²) in [6.45, 7) is 8.56. The number of rotatable bonds is 10. The molecule has 196 valence electrons. The third-order valence-electron chi connectivity index (χ3n) is 6.01. The monoisotopic (exact) mass is 540 g/mol. The highest BCUT2D eigenvalue weighted by atomic mass is 35.5. The van der Waals surface area contributed by atoms with Crippen molar-refractivity contribution >= 4 is 35.0 Å². The van der Waals surface area contributed by atoms with Crippen LogP contribution in [0.5, 0.6) is 5.75 Å². The maximum Gasteiger partial charge on any atom is 0.261 e. The Bertz CT molecular complexity index is 1210. The van der Waals surface area contributed by atoms with Gasteiger partial charge in [0.1, 0.15) is 11.8 Å². The van der Waals surface area contributed by atoms with E-state index >= 15 is 0 Å². The minimum absolute atomic E-state index is 0.157. The molecular formula is C30H34Cl2N2O3. The Balaban J connectivity index is 1.94. The Hall–Kier alpha value is -3.02. The Morgan fingerprint density at radius 1 is 0.919 bits per heavy atom. The summed E-state index contributed by atoms with van der Waals surface area (Å²) < 4.78 is 6.06. The molecule has 0 saturated heterocycles. The van der Waals surface area contributed by atoms with Gasteiger partial charge < -0.3 is 15.0 Å². The first kappa shape index (κ1) is 28.5. The van der Waals surface area contributed by atoms with Gasteiger partial charge in [-0.1, -0.05) is 98.6 Å². The summed E-state index contributed by atoms with van der Waals surface area (Å²) in [7, 11) is 0. The average Bonchev–Trinajstić information content (AvgIpc) is 2.87. The predicted octanol–water partition coefficient (Wildman–Crippen LogP) is 6.45. The lowest BCUT2D eigenvalue weighted by molar-refractivity contribution is -0.142. The van der Waals surface area contributed by atoms with Crippen LogP contribution in [0.25, 0.3) is 0 Å². The van der Waals surface area contributed by atoms with Crippen LogP contribution in [0.4, 0.5) is 0 Å². The van der Waals surface area contributed by atoms with Crippen LogP contribution in [0, 0.1) is 0 Å². The van der Waals surface area contributed by atoms with Crippen molar-refractivity contribution in [2.75, 3.05) is 13.2 Å². The maximum absolute atomic E-state index is 13.7. The largest absolute Gasteiger partial charge is 0.483 e. The highest BCUT2D eigenvalue weighted by Crippen LogP contribution is 2.31. The lowest BCUT2D eigenvalue weighted by Crippen LogP contribution is -2.51. The van der Waals surface area contributed by atoms with E-state index in [1.54, 1.807) is 17.0 Å². The molecule has 0 aliphatic carbocycles. The highest BCUT2D eigenvalue weighted by molar-refractivity contribution is 6.42. The predicted molar refractivity (Wildman–Crippen MR) is 150 cm³/mol. The average molecular weight is 542 g/mol. The molecule has 0 radical (unpaired) electrons. The van der Waals surface area contributed by atoms with Gasteiger partial charge in [0.2, 0.25) is 5.91 Å². The van der Waals surface area contributed by atoms with E-state index in [-0.39, 0.29) is 30.4 Å². The fourth-order valence-corrected chi connectivity index (χ4v) is 4.44. The molecule has 0 aromatic heterocycles. The first-order chi connectivity index (χ1) is 17.6. The van der Waals surface area contributed by atoms with Gasteiger partial charge in [-0.05, 0) is 47.2 Å². The molecule has 37 heavy (non-hydrogen) atoms. The fraction of sp³-hybridized carbons (Fsp3) is 0.333. The summed E-state index contributed by atoms with van der Waals surface area (Å²) in [5.41, 5.74) is 2.56. The van der Waals surface area contributed by atoms with Gasteiger partial charge in [0.25, 0.3) is 5.91 Å². The van der Waals surface area contributed by atoms with Crippen molar-refractivity contribution in [2.45, 2.75) is 52.1 Å². The fourth-order valence-electron chi connectivity index (χ4n) is 4.12. The van der Waals surface area contributed by atoms with Crippen LogP contribution in [0.2, 0.25) is 10.0 Å². The summed E-state index contributed by atoms with van der Waals surface area (Å²) in [6.07, 6.45) is 0.359. The van der Waals surface area contributed by atoms with Gasteiger partial charge in [-0.15, -0.1) is 0 Å². The van der Waals surface area contributed by atoms with E-state index in [1.165, 1.54) is 0 Å². The van der Waals surface area contributed by atoms with Crippen molar-refractivity contribution in [3.05, 3.63) is 99.5 Å². The van der Waals surface area contributed by atoms with Gasteiger partial charge in [-0.3, -0.25) is 9.59 Å². The number of hydrogen-bond acceptors (Lipinski definition) is 3. The van der Waals surface area contributed by atoms with E-state index in [9.17, 15) is 9.59 Å². The van der Waals surface area contributed by atoms with Crippen LogP contribution in [-0.2, 0) is 28.0 Å². The second kappa shape index (κ2) is 13.0. The molecule has 0 spiro atoms. The van der Waals surface area contributed by atoms with Gasteiger partial charge in [0.05, 0.1) is 10.0 Å². The molecule has 0 unspecified atom stereocenters. The van der Waals surface area contributed by atoms with Gasteiger partial charge >= 0.3 is 0 Å². The summed E-state index contributed by atoms with van der Waals surface area (Å²) in [4.78, 5) is 28.6. The zero-order chi connectivity index (χ0) is 27.0. The van der Waals surface area contributed by atoms with E-state index < -0.39 is 6.04 Å². The molecule has 1 atom stereocenters. The smallest absolute Gasteiger partial charge is 0.261 e. The molecule has 5 nitrogen and oxygen atoms in total. The minimum atomic E-state index is -0.745. The van der Waals surface area contributed by atoms with Gasteiger partial charge in [-0.2, -0.15) is 0 Å². The number of hydrogen-bond donors (Lipinski definition) is 1. The number of likely N-dealkylation sites (N-methyl/N-ethyl adjacent to an activating group) is 1. The van der Waals surface area contributed by atoms with Crippen LogP contribution in [-0.4, -0.2) is 35.9 Å². The van der Waals surface area contributed by atoms with Crippen LogP contribution >= 0.6 is 23.2 Å². The molecule has 1 N–H and O–H groups in total. The zero-order valence-electron chi connectivity index (χ0n) is 21.8. The molecular weight excluding hydrogens is 507 g/mol. The maximum atomic E-state index is 13.7. The lowest BCUT2D eigenvalue weighted by Gasteiger charge is -2.32. The number of carbonyl (C=O) groups is 2. The molecule has 0 aliphatic heterocycles. The number of para-hydroxylation sites is 1. The molecule has 0 heterocycles. The van der Waals surface area contributed by atoms with Gasteiger partial charge in [-0.25, -0.2) is 0 Å². The number of carbonyl (C=O) groups excluding carboxylic acids is 2. The molecule has 3 aromatic carbocycles. The van der Waals surface area contributed by atoms with Crippen molar-refractivity contribution in [3.8, 4) is 5.75 Å². The lowest BCUT2D eigenvalue weighted by atomic mass is 9.86. The summed E-state index contributed by atoms with van der Waals surface area (Å²) in [6, 6.07) is 21.8. The normalized spacial score (nSPS) is 12.1. The highest BCUT2D eigenvalue weighted by Gasteiger charge is 2.31. The summed E-state index contributed by atoms with van der Waals surface area (Å²) >= 11 is 12.4. The third-order valence-corrected chi connectivity index (χ3v) is 6.74. The number of ether oxygens (including phenoxy) is 1. The number of halogens is 2. The van der Waals surface area contributed by atoms with Crippen LogP contribution < -0.4 is 10.1 Å². The Labute approximate surface area is 229 Å². The van der Waals surface area contributed by atoms with Gasteiger partial charge in [0.15, 0.2) is 6.61 Å². The zero-order valence-corrected chi connectivity index (χ0v) is 23.3. The number of benzene rings is 3. The quantitative estimate of drug-likeness (QED) is 0.321. The summed E-state index contributed by atoms with van der Waals surface area (Å²) in [5, 5.41) is 3.70. The van der Waals surface area contributed by atoms with Crippen molar-refractivity contribution in [1.82, 2.24) is 10.2 Å². The standard InChI is InChI=1S/C30H34Cl2N2O3/c1-5-33-29(36)26(18-21-11-7-6-8-12-21)34(19-22-15-16-24(31)25(32)17-22)28(35)20-37-27-14-10-9-13-23(27)30(2,3)4/h6-17,26H,5,18-20H2,1-4H3,(H,33,36)/t26-/m0/s1. The van der Waals surface area contributed by atoms with E-state index in [0.717, 1.165) is 16.7 Å². The molecule has 2 amide bonds. The molecule has 3 rings (SSSR count). The van der Waals surface area contributed by atoms with Crippen molar-refractivity contribution in [2.24, 2.45) is 0 Å². The minimum Gasteiger partial charge on any atom is -0.483 e. The molecule has 7 heteroatoms. The molecule has 0 aliphatic rings. The Kier molecular flexibility index (Phi) is 10.0. The van der Waals surface area contributed by atoms with E-state index in [4.69, 9.17) is 27.9 Å². The summed E-state index contributed by atoms with van der Waals surface area (Å²) in [5.74, 6) is 0.118. The Morgan fingerprint density at radius 2 is 1.59 bits per heavy atom. The van der Waals surface area contributed by atoms with Crippen molar-refractivity contribution in [1.29, 1.82) is 0 Å². The van der Waals surface area contributed by atoms with E-state index in [1.807, 2.05) is 67.6 Å². The number of nitrogens with zero attached hydrogens (tertiary/aromatic N) is 1. The second-order valence-corrected chi connectivity index (χ2v) is 10.7. The Morgan fingerprint density at radius 3 is 2.24 bits per heavy atom. The molecule has 0 fully saturated rings. The molecule has 0 bridgehead atoms. The van der Waals surface area contributed by atoms with Crippen molar-refractivity contribution < 1.29 is 14.3 Å². The molecule has 0 saturated carbocycles. The number of nitrogens with one attached hydrogen (secondary N) is 1. The van der Waals surface area contributed by atoms with Crippen LogP contribution in [0.15, 0.2) is 72.8 Å². The molecule has 3 aromatic rings.